The molecule has 0 bridgehead atoms. The Morgan fingerprint density at radius 2 is 2.03 bits per heavy atom. The van der Waals surface area contributed by atoms with Gasteiger partial charge in [0.05, 0.1) is 23.3 Å². The topological polar surface area (TPSA) is 140 Å². The molecule has 2 heterocycles. The number of carbonyl (C=O) groups excluding carboxylic acids is 4. The second-order valence-electron chi connectivity index (χ2n) is 7.23. The van der Waals surface area contributed by atoms with Gasteiger partial charge in [0, 0.05) is 11.9 Å². The van der Waals surface area contributed by atoms with Crippen LogP contribution in [-0.4, -0.2) is 39.4 Å². The minimum atomic E-state index is -0.480. The van der Waals surface area contributed by atoms with E-state index in [2.05, 4.69) is 15.6 Å². The Morgan fingerprint density at radius 1 is 1.26 bits per heavy atom. The summed E-state index contributed by atoms with van der Waals surface area (Å²) in [6.07, 6.45) is 1.50. The van der Waals surface area contributed by atoms with Crippen LogP contribution in [0.5, 0.6) is 0 Å². The zero-order valence-electron chi connectivity index (χ0n) is 17.0. The van der Waals surface area contributed by atoms with Gasteiger partial charge in [0.2, 0.25) is 11.8 Å². The molecule has 1 fully saturated rings. The van der Waals surface area contributed by atoms with Gasteiger partial charge < -0.3 is 15.8 Å². The van der Waals surface area contributed by atoms with Crippen LogP contribution in [0.25, 0.3) is 0 Å². The third kappa shape index (κ3) is 6.05. The average Bonchev–Trinajstić information content (AvgIpc) is 3.00. The molecule has 3 rings (SSSR count). The summed E-state index contributed by atoms with van der Waals surface area (Å²) < 4.78 is 5.09. The number of amides is 3. The van der Waals surface area contributed by atoms with E-state index in [1.54, 1.807) is 32.0 Å². The van der Waals surface area contributed by atoms with Crippen LogP contribution in [0.4, 0.5) is 16.3 Å². The summed E-state index contributed by atoms with van der Waals surface area (Å²) in [7, 11) is 0. The van der Waals surface area contributed by atoms with Crippen molar-refractivity contribution in [3.63, 3.8) is 0 Å². The zero-order valence-corrected chi connectivity index (χ0v) is 17.8. The SMILES string of the molecule is CC(C)OC(=O)c1ccc(NC(=O)Cc2ccc(CC3SC(=O)NC3=O)cc2N)nc1. The Hall–Kier alpha value is -3.40. The van der Waals surface area contributed by atoms with Crippen LogP contribution >= 0.6 is 11.8 Å². The molecule has 162 valence electrons. The second-order valence-corrected chi connectivity index (χ2v) is 8.41. The average molecular weight is 442 g/mol. The summed E-state index contributed by atoms with van der Waals surface area (Å²) in [5.74, 6) is -0.810. The fourth-order valence-corrected chi connectivity index (χ4v) is 3.76. The molecule has 3 amide bonds. The predicted molar refractivity (Wildman–Crippen MR) is 117 cm³/mol. The molecule has 1 unspecified atom stereocenters. The Morgan fingerprint density at radius 3 is 2.61 bits per heavy atom. The van der Waals surface area contributed by atoms with Crippen molar-refractivity contribution >= 4 is 46.3 Å². The van der Waals surface area contributed by atoms with E-state index in [0.717, 1.165) is 17.3 Å². The van der Waals surface area contributed by atoms with Crippen LogP contribution in [0.2, 0.25) is 0 Å². The number of nitrogen functional groups attached to an aromatic ring is 1. The minimum absolute atomic E-state index is 0.0298. The molecule has 2 aromatic rings. The van der Waals surface area contributed by atoms with Gasteiger partial charge in [0.25, 0.3) is 5.24 Å². The van der Waals surface area contributed by atoms with Gasteiger partial charge in [-0.2, -0.15) is 0 Å². The first-order valence-electron chi connectivity index (χ1n) is 9.57. The summed E-state index contributed by atoms with van der Waals surface area (Å²) in [6, 6.07) is 8.25. The maximum atomic E-state index is 12.3. The number of nitrogens with one attached hydrogen (secondary N) is 2. The molecule has 10 heteroatoms. The van der Waals surface area contributed by atoms with Crippen molar-refractivity contribution in [1.82, 2.24) is 10.3 Å². The lowest BCUT2D eigenvalue weighted by molar-refractivity contribution is -0.119. The number of thioether (sulfide) groups is 1. The van der Waals surface area contributed by atoms with E-state index < -0.39 is 11.2 Å². The smallest absolute Gasteiger partial charge is 0.339 e. The molecule has 1 aromatic carbocycles. The molecule has 0 saturated carbocycles. The highest BCUT2D eigenvalue weighted by atomic mass is 32.2. The van der Waals surface area contributed by atoms with Crippen molar-refractivity contribution in [1.29, 1.82) is 0 Å². The van der Waals surface area contributed by atoms with Gasteiger partial charge in [0.1, 0.15) is 5.82 Å². The number of hydrogen-bond acceptors (Lipinski definition) is 8. The van der Waals surface area contributed by atoms with E-state index in [-0.39, 0.29) is 29.6 Å². The lowest BCUT2D eigenvalue weighted by atomic mass is 10.0. The van der Waals surface area contributed by atoms with Crippen LogP contribution in [0.15, 0.2) is 36.5 Å². The Labute approximate surface area is 183 Å². The maximum Gasteiger partial charge on any atom is 0.339 e. The van der Waals surface area contributed by atoms with Crippen LogP contribution in [0.1, 0.15) is 35.3 Å². The first-order valence-corrected chi connectivity index (χ1v) is 10.4. The van der Waals surface area contributed by atoms with Gasteiger partial charge >= 0.3 is 5.97 Å². The molecule has 0 aliphatic carbocycles. The molecule has 1 aromatic heterocycles. The molecule has 1 atom stereocenters. The number of rotatable bonds is 7. The fourth-order valence-electron chi connectivity index (χ4n) is 2.90. The first kappa shape index (κ1) is 22.3. The highest BCUT2D eigenvalue weighted by molar-refractivity contribution is 8.15. The third-order valence-electron chi connectivity index (χ3n) is 4.36. The number of esters is 1. The normalized spacial score (nSPS) is 15.6. The lowest BCUT2D eigenvalue weighted by Gasteiger charge is -2.11. The monoisotopic (exact) mass is 442 g/mol. The van der Waals surface area contributed by atoms with Crippen molar-refractivity contribution in [2.45, 2.75) is 38.0 Å². The number of pyridine rings is 1. The number of ether oxygens (including phenoxy) is 1. The predicted octanol–water partition coefficient (Wildman–Crippen LogP) is 2.30. The van der Waals surface area contributed by atoms with Gasteiger partial charge in [-0.25, -0.2) is 9.78 Å². The molecule has 1 aliphatic rings. The van der Waals surface area contributed by atoms with Gasteiger partial charge in [-0.05, 0) is 49.6 Å². The van der Waals surface area contributed by atoms with Crippen LogP contribution in [0.3, 0.4) is 0 Å². The van der Waals surface area contributed by atoms with Gasteiger partial charge in [-0.15, -0.1) is 0 Å². The summed E-state index contributed by atoms with van der Waals surface area (Å²) in [4.78, 5) is 51.2. The largest absolute Gasteiger partial charge is 0.459 e. The molecular formula is C21H22N4O5S. The molecule has 1 saturated heterocycles. The van der Waals surface area contributed by atoms with Gasteiger partial charge in [-0.3, -0.25) is 19.7 Å². The number of hydrogen-bond donors (Lipinski definition) is 3. The number of carbonyl (C=O) groups is 4. The van der Waals surface area contributed by atoms with Crippen molar-refractivity contribution in [3.8, 4) is 0 Å². The van der Waals surface area contributed by atoms with Crippen LogP contribution in [0, 0.1) is 0 Å². The molecule has 0 spiro atoms. The number of imide groups is 1. The summed E-state index contributed by atoms with van der Waals surface area (Å²) in [5, 5.41) is 4.08. The van der Waals surface area contributed by atoms with Crippen LogP contribution in [-0.2, 0) is 27.2 Å². The summed E-state index contributed by atoms with van der Waals surface area (Å²) in [6.45, 7) is 3.51. The number of benzene rings is 1. The Kier molecular flexibility index (Phi) is 6.91. The number of nitrogens with zero attached hydrogens (tertiary/aromatic N) is 1. The molecule has 31 heavy (non-hydrogen) atoms. The number of nitrogens with two attached hydrogens (primary N) is 1. The zero-order chi connectivity index (χ0) is 22.5. The highest BCUT2D eigenvalue weighted by Crippen LogP contribution is 2.25. The highest BCUT2D eigenvalue weighted by Gasteiger charge is 2.31. The van der Waals surface area contributed by atoms with E-state index in [1.807, 2.05) is 0 Å². The fraction of sp³-hybridized carbons (Fsp3) is 0.286. The minimum Gasteiger partial charge on any atom is -0.459 e. The number of aromatic nitrogens is 1. The van der Waals surface area contributed by atoms with E-state index >= 15 is 0 Å². The lowest BCUT2D eigenvalue weighted by Crippen LogP contribution is -2.25. The van der Waals surface area contributed by atoms with E-state index in [9.17, 15) is 19.2 Å². The molecule has 9 nitrogen and oxygen atoms in total. The van der Waals surface area contributed by atoms with E-state index in [4.69, 9.17) is 10.5 Å². The second kappa shape index (κ2) is 9.61. The van der Waals surface area contributed by atoms with Crippen molar-refractivity contribution in [2.75, 3.05) is 11.1 Å². The molecular weight excluding hydrogens is 420 g/mol. The van der Waals surface area contributed by atoms with Gasteiger partial charge in [-0.1, -0.05) is 23.9 Å². The van der Waals surface area contributed by atoms with Crippen LogP contribution < -0.4 is 16.4 Å². The number of anilines is 2. The van der Waals surface area contributed by atoms with Crippen molar-refractivity contribution in [2.24, 2.45) is 0 Å². The Bertz CT molecular complexity index is 1020. The van der Waals surface area contributed by atoms with Crippen molar-refractivity contribution in [3.05, 3.63) is 53.2 Å². The molecule has 1 aliphatic heterocycles. The first-order chi connectivity index (χ1) is 14.7. The van der Waals surface area contributed by atoms with Crippen molar-refractivity contribution < 1.29 is 23.9 Å². The summed E-state index contributed by atoms with van der Waals surface area (Å²) in [5.41, 5.74) is 8.21. The summed E-state index contributed by atoms with van der Waals surface area (Å²) >= 11 is 0.955. The third-order valence-corrected chi connectivity index (χ3v) is 5.34. The molecule has 4 N–H and O–H groups in total. The van der Waals surface area contributed by atoms with E-state index in [1.165, 1.54) is 18.3 Å². The standard InChI is InChI=1S/C21H22N4O5S/c1-11(2)30-20(28)14-5-6-17(23-10-14)24-18(26)9-13-4-3-12(7-15(13)22)8-16-19(27)25-21(29)31-16/h3-7,10-11,16H,8-9,22H2,1-2H3,(H,23,24,26)(H,25,27,29). The molecule has 0 radical (unpaired) electrons. The maximum absolute atomic E-state index is 12.3. The van der Waals surface area contributed by atoms with Gasteiger partial charge in [0.15, 0.2) is 0 Å². The van der Waals surface area contributed by atoms with E-state index in [0.29, 0.717) is 29.1 Å². The quantitative estimate of drug-likeness (QED) is 0.438. The Balaban J connectivity index is 1.57.